The van der Waals surface area contributed by atoms with Crippen LogP contribution in [0.15, 0.2) is 42.5 Å². The third kappa shape index (κ3) is 3.19. The van der Waals surface area contributed by atoms with Gasteiger partial charge in [0.1, 0.15) is 5.75 Å². The Bertz CT molecular complexity index is 611. The van der Waals surface area contributed by atoms with E-state index in [4.69, 9.17) is 0 Å². The molecule has 2 aromatic rings. The Hall–Kier alpha value is -1.76. The second kappa shape index (κ2) is 7.00. The van der Waals surface area contributed by atoms with E-state index in [1.165, 1.54) is 23.1 Å². The predicted octanol–water partition coefficient (Wildman–Crippen LogP) is 5.62. The highest BCUT2D eigenvalue weighted by Gasteiger charge is 2.29. The largest absolute Gasteiger partial charge is 0.508 e. The molecule has 2 aromatic carbocycles. The van der Waals surface area contributed by atoms with E-state index in [1.54, 1.807) is 0 Å². The first-order chi connectivity index (χ1) is 10.5. The summed E-state index contributed by atoms with van der Waals surface area (Å²) in [6.45, 7) is 8.84. The molecule has 0 heterocycles. The van der Waals surface area contributed by atoms with Gasteiger partial charge >= 0.3 is 0 Å². The Balaban J connectivity index is 2.62. The van der Waals surface area contributed by atoms with Crippen LogP contribution in [0.5, 0.6) is 5.75 Å². The van der Waals surface area contributed by atoms with Crippen LogP contribution in [0.1, 0.15) is 62.8 Å². The smallest absolute Gasteiger partial charge is 0.119 e. The number of hydrogen-bond acceptors (Lipinski definition) is 1. The fourth-order valence-corrected chi connectivity index (χ4v) is 3.35. The summed E-state index contributed by atoms with van der Waals surface area (Å²) in [6, 6.07) is 14.5. The normalized spacial score (nSPS) is 11.6. The summed E-state index contributed by atoms with van der Waals surface area (Å²) in [7, 11) is 0. The predicted molar refractivity (Wildman–Crippen MR) is 94.7 cm³/mol. The van der Waals surface area contributed by atoms with Crippen LogP contribution in [-0.2, 0) is 18.3 Å². The van der Waals surface area contributed by atoms with Crippen LogP contribution in [0.3, 0.4) is 0 Å². The van der Waals surface area contributed by atoms with Gasteiger partial charge in [0.15, 0.2) is 0 Å². The molecule has 0 aliphatic carbocycles. The van der Waals surface area contributed by atoms with Crippen LogP contribution < -0.4 is 0 Å². The van der Waals surface area contributed by atoms with Crippen molar-refractivity contribution in [1.82, 2.24) is 0 Å². The molecule has 22 heavy (non-hydrogen) atoms. The second-order valence-electron chi connectivity index (χ2n) is 6.55. The average Bonchev–Trinajstić information content (AvgIpc) is 2.53. The summed E-state index contributed by atoms with van der Waals surface area (Å²) < 4.78 is 0. The van der Waals surface area contributed by atoms with Crippen molar-refractivity contribution in [2.75, 3.05) is 0 Å². The molecule has 0 spiro atoms. The van der Waals surface area contributed by atoms with Crippen molar-refractivity contribution in [3.8, 4) is 5.75 Å². The highest BCUT2D eigenvalue weighted by molar-refractivity contribution is 5.53. The average molecular weight is 296 g/mol. The number of phenolic OH excluding ortho intramolecular Hbond substituents is 1. The van der Waals surface area contributed by atoms with Gasteiger partial charge in [-0.15, -0.1) is 0 Å². The molecule has 0 bridgehead atoms. The molecule has 0 unspecified atom stereocenters. The molecule has 0 radical (unpaired) electrons. The highest BCUT2D eigenvalue weighted by Crippen LogP contribution is 2.41. The van der Waals surface area contributed by atoms with Gasteiger partial charge in [-0.1, -0.05) is 70.5 Å². The summed E-state index contributed by atoms with van der Waals surface area (Å²) in [4.78, 5) is 0. The number of phenols is 1. The highest BCUT2D eigenvalue weighted by atomic mass is 16.3. The summed E-state index contributed by atoms with van der Waals surface area (Å²) in [5, 5.41) is 10.6. The van der Waals surface area contributed by atoms with E-state index < -0.39 is 0 Å². The number of aryl methyl sites for hydroxylation is 1. The summed E-state index contributed by atoms with van der Waals surface area (Å²) >= 11 is 0. The van der Waals surface area contributed by atoms with Crippen molar-refractivity contribution in [3.63, 3.8) is 0 Å². The molecule has 0 atom stereocenters. The molecular formula is C21H28O. The molecule has 0 aliphatic heterocycles. The van der Waals surface area contributed by atoms with Crippen molar-refractivity contribution < 1.29 is 5.11 Å². The van der Waals surface area contributed by atoms with Crippen molar-refractivity contribution >= 4 is 0 Å². The van der Waals surface area contributed by atoms with Gasteiger partial charge in [0, 0.05) is 11.0 Å². The summed E-state index contributed by atoms with van der Waals surface area (Å²) in [5.41, 5.74) is 4.87. The van der Waals surface area contributed by atoms with Gasteiger partial charge in [0.25, 0.3) is 0 Å². The lowest BCUT2D eigenvalue weighted by Gasteiger charge is -2.31. The van der Waals surface area contributed by atoms with Crippen molar-refractivity contribution in [1.29, 1.82) is 0 Å². The molecule has 1 nitrogen and oxygen atoms in total. The maximum absolute atomic E-state index is 10.6. The maximum atomic E-state index is 10.6. The Morgan fingerprint density at radius 1 is 0.955 bits per heavy atom. The molecule has 1 heteroatoms. The first-order valence-corrected chi connectivity index (χ1v) is 8.42. The third-order valence-electron chi connectivity index (χ3n) is 4.67. The third-order valence-corrected chi connectivity index (χ3v) is 4.67. The van der Waals surface area contributed by atoms with E-state index in [1.807, 2.05) is 12.1 Å². The number of aromatic hydroxyl groups is 1. The van der Waals surface area contributed by atoms with E-state index in [2.05, 4.69) is 58.0 Å². The van der Waals surface area contributed by atoms with Crippen molar-refractivity contribution in [2.24, 2.45) is 0 Å². The molecule has 0 amide bonds. The lowest BCUT2D eigenvalue weighted by Crippen LogP contribution is -2.22. The molecule has 0 saturated heterocycles. The lowest BCUT2D eigenvalue weighted by atomic mass is 9.73. The Morgan fingerprint density at radius 3 is 2.23 bits per heavy atom. The quantitative estimate of drug-likeness (QED) is 0.733. The van der Waals surface area contributed by atoms with Crippen molar-refractivity contribution in [3.05, 3.63) is 64.7 Å². The molecule has 0 saturated carbocycles. The Kier molecular flexibility index (Phi) is 5.28. The number of rotatable bonds is 6. The van der Waals surface area contributed by atoms with Gasteiger partial charge in [-0.25, -0.2) is 0 Å². The minimum atomic E-state index is -0.195. The monoisotopic (exact) mass is 296 g/mol. The fourth-order valence-electron chi connectivity index (χ4n) is 3.35. The van der Waals surface area contributed by atoms with E-state index in [9.17, 15) is 5.11 Å². The van der Waals surface area contributed by atoms with Crippen LogP contribution >= 0.6 is 0 Å². The topological polar surface area (TPSA) is 20.2 Å². The Labute approximate surface area is 135 Å². The zero-order valence-corrected chi connectivity index (χ0v) is 14.3. The maximum Gasteiger partial charge on any atom is 0.119 e. The number of benzene rings is 2. The lowest BCUT2D eigenvalue weighted by molar-refractivity contribution is 0.450. The van der Waals surface area contributed by atoms with Gasteiger partial charge in [0.05, 0.1) is 0 Å². The standard InChI is InChI=1S/C21H28O/c1-5-7-13-18-16(6-2)14-15-19(22)20(18)21(3,4)17-11-9-8-10-12-17/h8-12,14-15,22H,5-7,13H2,1-4H3. The van der Waals surface area contributed by atoms with Gasteiger partial charge in [0.2, 0.25) is 0 Å². The SMILES string of the molecule is CCCCc1c(CC)ccc(O)c1C(C)(C)c1ccccc1. The van der Waals surface area contributed by atoms with Crippen LogP contribution in [-0.4, -0.2) is 5.11 Å². The summed E-state index contributed by atoms with van der Waals surface area (Å²) in [6.07, 6.45) is 4.38. The van der Waals surface area contributed by atoms with E-state index in [-0.39, 0.29) is 5.41 Å². The van der Waals surface area contributed by atoms with E-state index >= 15 is 0 Å². The van der Waals surface area contributed by atoms with Crippen LogP contribution in [0.2, 0.25) is 0 Å². The first-order valence-electron chi connectivity index (χ1n) is 8.42. The molecule has 0 aliphatic rings. The molecule has 0 aromatic heterocycles. The van der Waals surface area contributed by atoms with Gasteiger partial charge in [-0.3, -0.25) is 0 Å². The van der Waals surface area contributed by atoms with Gasteiger partial charge < -0.3 is 5.11 Å². The molecular weight excluding hydrogens is 268 g/mol. The van der Waals surface area contributed by atoms with Gasteiger partial charge in [-0.05, 0) is 42.0 Å². The second-order valence-corrected chi connectivity index (χ2v) is 6.55. The fraction of sp³-hybridized carbons (Fsp3) is 0.429. The first kappa shape index (κ1) is 16.6. The number of unbranched alkanes of at least 4 members (excludes halogenated alkanes) is 1. The van der Waals surface area contributed by atoms with Gasteiger partial charge in [-0.2, -0.15) is 0 Å². The van der Waals surface area contributed by atoms with E-state index in [0.29, 0.717) is 5.75 Å². The van der Waals surface area contributed by atoms with E-state index in [0.717, 1.165) is 24.8 Å². The number of hydrogen-bond donors (Lipinski definition) is 1. The van der Waals surface area contributed by atoms with Crippen molar-refractivity contribution in [2.45, 2.75) is 58.8 Å². The minimum absolute atomic E-state index is 0.195. The zero-order chi connectivity index (χ0) is 16.2. The molecule has 1 N–H and O–H groups in total. The molecule has 0 fully saturated rings. The molecule has 118 valence electrons. The zero-order valence-electron chi connectivity index (χ0n) is 14.3. The van der Waals surface area contributed by atoms with Crippen LogP contribution in [0.4, 0.5) is 0 Å². The Morgan fingerprint density at radius 2 is 1.64 bits per heavy atom. The van der Waals surface area contributed by atoms with Crippen LogP contribution in [0.25, 0.3) is 0 Å². The summed E-state index contributed by atoms with van der Waals surface area (Å²) in [5.74, 6) is 0.428. The van der Waals surface area contributed by atoms with Crippen LogP contribution in [0, 0.1) is 0 Å². The molecule has 2 rings (SSSR count). The minimum Gasteiger partial charge on any atom is -0.508 e.